The van der Waals surface area contributed by atoms with E-state index in [1.165, 1.54) is 29.3 Å². The highest BCUT2D eigenvalue weighted by Gasteiger charge is 2.51. The molecule has 8 nitrogen and oxygen atoms in total. The maximum atomic E-state index is 14.8. The zero-order chi connectivity index (χ0) is 23.2. The monoisotopic (exact) mass is 456 g/mol. The average Bonchev–Trinajstić information content (AvgIpc) is 3.50. The van der Waals surface area contributed by atoms with Crippen molar-refractivity contribution in [2.24, 2.45) is 0 Å². The van der Waals surface area contributed by atoms with Crippen LogP contribution in [0.15, 0.2) is 53.2 Å². The number of hydrogen-bond acceptors (Lipinski definition) is 6. The van der Waals surface area contributed by atoms with Crippen LogP contribution in [0.5, 0.6) is 0 Å². The molecule has 1 saturated heterocycles. The van der Waals surface area contributed by atoms with E-state index in [1.807, 2.05) is 0 Å². The number of fused-ring (bicyclic) bond motifs is 1. The van der Waals surface area contributed by atoms with Gasteiger partial charge in [-0.2, -0.15) is 20.0 Å². The average molecular weight is 456 g/mol. The first-order chi connectivity index (χ1) is 15.8. The number of benzene rings is 2. The Morgan fingerprint density at radius 3 is 2.82 bits per heavy atom. The topological polar surface area (TPSA) is 89.1 Å². The predicted octanol–water partition coefficient (Wildman–Crippen LogP) is 3.82. The van der Waals surface area contributed by atoms with E-state index in [4.69, 9.17) is 4.42 Å². The van der Waals surface area contributed by atoms with Crippen LogP contribution in [0.4, 0.5) is 19.2 Å². The molecule has 5 rings (SSSR count). The van der Waals surface area contributed by atoms with Crippen LogP contribution in [-0.4, -0.2) is 55.8 Å². The number of amides is 1. The highest BCUT2D eigenvalue weighted by atomic mass is 19.3. The summed E-state index contributed by atoms with van der Waals surface area (Å²) in [6.07, 6.45) is 2.48. The second kappa shape index (κ2) is 7.91. The molecule has 11 heteroatoms. The number of carbonyl (C=O) groups excluding carboxylic acids is 1. The molecule has 33 heavy (non-hydrogen) atoms. The number of halogens is 3. The summed E-state index contributed by atoms with van der Waals surface area (Å²) in [5, 5.41) is 10.9. The number of nitrogens with zero attached hydrogens (tertiary/aromatic N) is 5. The third kappa shape index (κ3) is 3.79. The first-order valence-electron chi connectivity index (χ1n) is 10.3. The van der Waals surface area contributed by atoms with Crippen molar-refractivity contribution in [1.29, 1.82) is 0 Å². The molecule has 2 aromatic carbocycles. The Hall–Kier alpha value is -3.89. The van der Waals surface area contributed by atoms with Crippen molar-refractivity contribution in [1.82, 2.24) is 24.9 Å². The quantitative estimate of drug-likeness (QED) is 0.491. The predicted molar refractivity (Wildman–Crippen MR) is 113 cm³/mol. The van der Waals surface area contributed by atoms with Gasteiger partial charge in [-0.3, -0.25) is 4.79 Å². The summed E-state index contributed by atoms with van der Waals surface area (Å²) in [6.45, 7) is 1.33. The van der Waals surface area contributed by atoms with Gasteiger partial charge in [0.1, 0.15) is 17.4 Å². The van der Waals surface area contributed by atoms with E-state index in [1.54, 1.807) is 25.1 Å². The zero-order valence-electron chi connectivity index (χ0n) is 17.5. The third-order valence-corrected chi connectivity index (χ3v) is 5.71. The lowest BCUT2D eigenvalue weighted by Gasteiger charge is -2.28. The van der Waals surface area contributed by atoms with Crippen LogP contribution in [0.25, 0.3) is 16.8 Å². The van der Waals surface area contributed by atoms with Gasteiger partial charge in [0, 0.05) is 25.6 Å². The second-order valence-electron chi connectivity index (χ2n) is 7.82. The standard InChI is InChI=1S/C22H19F3N6O2/c1-13-3-2-4-16(31-27-8-9-28-31)19(13)20(32)30-10-7-22(24,25)18(30)12-26-21-29-15-6-5-14(23)11-17(15)33-21/h2-6,8-9,11,18H,7,10,12H2,1H3,(H,26,29). The molecule has 170 valence electrons. The number of anilines is 1. The van der Waals surface area contributed by atoms with Gasteiger partial charge in [-0.25, -0.2) is 13.2 Å². The van der Waals surface area contributed by atoms with E-state index in [-0.39, 0.29) is 30.3 Å². The molecule has 0 aliphatic carbocycles. The fourth-order valence-corrected chi connectivity index (χ4v) is 4.06. The first-order valence-corrected chi connectivity index (χ1v) is 10.3. The molecule has 0 bridgehead atoms. The smallest absolute Gasteiger partial charge is 0.295 e. The Morgan fingerprint density at radius 2 is 2.03 bits per heavy atom. The Morgan fingerprint density at radius 1 is 1.24 bits per heavy atom. The van der Waals surface area contributed by atoms with Crippen molar-refractivity contribution in [3.05, 3.63) is 65.7 Å². The molecule has 0 saturated carbocycles. The normalized spacial score (nSPS) is 17.6. The lowest BCUT2D eigenvalue weighted by molar-refractivity contribution is -0.0249. The maximum absolute atomic E-state index is 14.8. The summed E-state index contributed by atoms with van der Waals surface area (Å²) < 4.78 is 48.4. The summed E-state index contributed by atoms with van der Waals surface area (Å²) in [5.74, 6) is -4.15. The van der Waals surface area contributed by atoms with Crippen molar-refractivity contribution in [2.75, 3.05) is 18.4 Å². The molecule has 4 aromatic rings. The van der Waals surface area contributed by atoms with Crippen LogP contribution in [0.1, 0.15) is 22.3 Å². The maximum Gasteiger partial charge on any atom is 0.295 e. The Kier molecular flexibility index (Phi) is 5.03. The lowest BCUT2D eigenvalue weighted by atomic mass is 10.0. The van der Waals surface area contributed by atoms with Crippen molar-refractivity contribution in [2.45, 2.75) is 25.3 Å². The van der Waals surface area contributed by atoms with Crippen molar-refractivity contribution < 1.29 is 22.4 Å². The van der Waals surface area contributed by atoms with Gasteiger partial charge in [-0.15, -0.1) is 0 Å². The van der Waals surface area contributed by atoms with Gasteiger partial charge >= 0.3 is 0 Å². The van der Waals surface area contributed by atoms with Crippen LogP contribution < -0.4 is 5.32 Å². The molecule has 1 unspecified atom stereocenters. The fourth-order valence-electron chi connectivity index (χ4n) is 4.06. The van der Waals surface area contributed by atoms with Gasteiger partial charge in [-0.05, 0) is 30.7 Å². The van der Waals surface area contributed by atoms with Crippen LogP contribution in [0.3, 0.4) is 0 Å². The van der Waals surface area contributed by atoms with E-state index in [2.05, 4.69) is 20.5 Å². The minimum Gasteiger partial charge on any atom is -0.423 e. The van der Waals surface area contributed by atoms with Gasteiger partial charge in [0.2, 0.25) is 0 Å². The van der Waals surface area contributed by atoms with Crippen LogP contribution in [-0.2, 0) is 0 Å². The Labute approximate surface area is 186 Å². The number of alkyl halides is 2. The van der Waals surface area contributed by atoms with Gasteiger partial charge in [-0.1, -0.05) is 12.1 Å². The first kappa shape index (κ1) is 21.0. The number of hydrogen-bond donors (Lipinski definition) is 1. The number of aryl methyl sites for hydroxylation is 1. The van der Waals surface area contributed by atoms with E-state index in [0.717, 1.165) is 11.0 Å². The van der Waals surface area contributed by atoms with Crippen molar-refractivity contribution in [3.63, 3.8) is 0 Å². The zero-order valence-corrected chi connectivity index (χ0v) is 17.5. The molecule has 1 atom stereocenters. The fraction of sp³-hybridized carbons (Fsp3) is 0.273. The molecule has 1 N–H and O–H groups in total. The molecule has 2 aromatic heterocycles. The molecule has 1 fully saturated rings. The van der Waals surface area contributed by atoms with Crippen LogP contribution in [0, 0.1) is 12.7 Å². The van der Waals surface area contributed by atoms with Gasteiger partial charge in [0.15, 0.2) is 5.58 Å². The van der Waals surface area contributed by atoms with E-state index in [9.17, 15) is 18.0 Å². The van der Waals surface area contributed by atoms with E-state index in [0.29, 0.717) is 16.8 Å². The van der Waals surface area contributed by atoms with Crippen LogP contribution in [0.2, 0.25) is 0 Å². The number of carbonyl (C=O) groups is 1. The number of aromatic nitrogens is 4. The third-order valence-electron chi connectivity index (χ3n) is 5.71. The molecule has 1 aliphatic heterocycles. The summed E-state index contributed by atoms with van der Waals surface area (Å²) in [4.78, 5) is 20.1. The lowest BCUT2D eigenvalue weighted by Crippen LogP contribution is -2.47. The minimum atomic E-state index is -3.12. The molecule has 0 radical (unpaired) electrons. The molecular formula is C22H19F3N6O2. The number of likely N-dealkylation sites (tertiary alicyclic amines) is 1. The number of nitrogens with one attached hydrogen (secondary N) is 1. The Bertz CT molecular complexity index is 1320. The summed E-state index contributed by atoms with van der Waals surface area (Å²) in [5.41, 5.74) is 1.88. The summed E-state index contributed by atoms with van der Waals surface area (Å²) in [6, 6.07) is 7.52. The van der Waals surface area contributed by atoms with E-state index >= 15 is 0 Å². The Balaban J connectivity index is 1.42. The largest absolute Gasteiger partial charge is 0.423 e. The molecular weight excluding hydrogens is 437 g/mol. The second-order valence-corrected chi connectivity index (χ2v) is 7.82. The highest BCUT2D eigenvalue weighted by Crippen LogP contribution is 2.36. The van der Waals surface area contributed by atoms with E-state index < -0.39 is 30.1 Å². The number of oxazole rings is 1. The SMILES string of the molecule is Cc1cccc(-n2nccn2)c1C(=O)N1CCC(F)(F)C1CNc1nc2ccc(F)cc2o1. The van der Waals surface area contributed by atoms with Crippen LogP contribution >= 0.6 is 0 Å². The van der Waals surface area contributed by atoms with Gasteiger partial charge in [0.05, 0.1) is 23.6 Å². The van der Waals surface area contributed by atoms with Crippen molar-refractivity contribution in [3.8, 4) is 5.69 Å². The molecule has 1 aliphatic rings. The van der Waals surface area contributed by atoms with Gasteiger partial charge < -0.3 is 14.6 Å². The molecule has 3 heterocycles. The van der Waals surface area contributed by atoms with Gasteiger partial charge in [0.25, 0.3) is 17.8 Å². The highest BCUT2D eigenvalue weighted by molar-refractivity contribution is 5.99. The minimum absolute atomic E-state index is 0.0250. The number of rotatable bonds is 5. The molecule has 0 spiro atoms. The molecule has 1 amide bonds. The summed E-state index contributed by atoms with van der Waals surface area (Å²) in [7, 11) is 0. The summed E-state index contributed by atoms with van der Waals surface area (Å²) >= 11 is 0. The van der Waals surface area contributed by atoms with Crippen molar-refractivity contribution >= 4 is 23.0 Å².